The van der Waals surface area contributed by atoms with Crippen molar-refractivity contribution in [2.75, 3.05) is 7.11 Å². The number of benzene rings is 2. The van der Waals surface area contributed by atoms with Crippen molar-refractivity contribution in [1.82, 2.24) is 15.3 Å². The second-order valence-electron chi connectivity index (χ2n) is 7.04. The molecule has 2 atom stereocenters. The van der Waals surface area contributed by atoms with Gasteiger partial charge in [-0.15, -0.1) is 13.2 Å². The lowest BCUT2D eigenvalue weighted by atomic mass is 10.0. The number of amides is 1. The highest BCUT2D eigenvalue weighted by Crippen LogP contribution is 2.33. The molecule has 0 aliphatic carbocycles. The molecule has 30 heavy (non-hydrogen) atoms. The van der Waals surface area contributed by atoms with Gasteiger partial charge in [0.2, 0.25) is 0 Å². The standard InChI is InChI=1S/C21H20F3N3O3/c1-29-16-7-4-6-14(11-16)17-12-18-20(28)26(9-10-27(18)25-17)13-15-5-2-3-8-19(15)30-21(22,23)24/h2-11,17-18,25H,12-13H2,1H3. The van der Waals surface area contributed by atoms with E-state index < -0.39 is 12.4 Å². The second kappa shape index (κ2) is 7.91. The number of hydrogen-bond acceptors (Lipinski definition) is 5. The summed E-state index contributed by atoms with van der Waals surface area (Å²) < 4.78 is 47.4. The number of para-hydroxylation sites is 1. The fourth-order valence-electron chi connectivity index (χ4n) is 3.69. The molecule has 1 amide bonds. The Bertz CT molecular complexity index is 964. The van der Waals surface area contributed by atoms with Crippen LogP contribution in [0.4, 0.5) is 13.2 Å². The number of nitrogens with one attached hydrogen (secondary N) is 1. The Morgan fingerprint density at radius 2 is 1.93 bits per heavy atom. The van der Waals surface area contributed by atoms with E-state index in [2.05, 4.69) is 10.2 Å². The zero-order valence-corrected chi connectivity index (χ0v) is 16.1. The molecule has 2 heterocycles. The monoisotopic (exact) mass is 419 g/mol. The van der Waals surface area contributed by atoms with E-state index >= 15 is 0 Å². The molecule has 2 unspecified atom stereocenters. The lowest BCUT2D eigenvalue weighted by molar-refractivity contribution is -0.274. The van der Waals surface area contributed by atoms with Crippen molar-refractivity contribution in [3.63, 3.8) is 0 Å². The molecule has 6 nitrogen and oxygen atoms in total. The highest BCUT2D eigenvalue weighted by Gasteiger charge is 2.40. The molecule has 9 heteroatoms. The van der Waals surface area contributed by atoms with Gasteiger partial charge in [0.25, 0.3) is 5.91 Å². The highest BCUT2D eigenvalue weighted by atomic mass is 19.4. The van der Waals surface area contributed by atoms with Crippen LogP contribution in [0, 0.1) is 0 Å². The number of methoxy groups -OCH3 is 1. The van der Waals surface area contributed by atoms with Gasteiger partial charge < -0.3 is 19.4 Å². The van der Waals surface area contributed by atoms with Gasteiger partial charge in [-0.1, -0.05) is 30.3 Å². The third-order valence-electron chi connectivity index (χ3n) is 5.11. The van der Waals surface area contributed by atoms with Crippen molar-refractivity contribution in [3.8, 4) is 11.5 Å². The summed E-state index contributed by atoms with van der Waals surface area (Å²) in [6, 6.07) is 12.9. The first-order valence-electron chi connectivity index (χ1n) is 9.35. The summed E-state index contributed by atoms with van der Waals surface area (Å²) in [5.41, 5.74) is 4.55. The number of halogens is 3. The van der Waals surface area contributed by atoms with Crippen LogP contribution in [0.25, 0.3) is 0 Å². The zero-order chi connectivity index (χ0) is 21.3. The molecular weight excluding hydrogens is 399 g/mol. The summed E-state index contributed by atoms with van der Waals surface area (Å²) in [5.74, 6) is 0.216. The lowest BCUT2D eigenvalue weighted by Crippen LogP contribution is -2.47. The number of hydrazine groups is 1. The Labute approximate surface area is 171 Å². The second-order valence-corrected chi connectivity index (χ2v) is 7.04. The lowest BCUT2D eigenvalue weighted by Gasteiger charge is -2.32. The molecule has 2 aliphatic heterocycles. The Kier molecular flexibility index (Phi) is 5.29. The fraction of sp³-hybridized carbons (Fsp3) is 0.286. The Hall–Kier alpha value is -3.20. The van der Waals surface area contributed by atoms with Crippen LogP contribution in [0.1, 0.15) is 23.6 Å². The van der Waals surface area contributed by atoms with Gasteiger partial charge in [-0.2, -0.15) is 0 Å². The number of alkyl halides is 3. The summed E-state index contributed by atoms with van der Waals surface area (Å²) >= 11 is 0. The summed E-state index contributed by atoms with van der Waals surface area (Å²) in [4.78, 5) is 14.4. The normalized spacial score (nSPS) is 21.0. The van der Waals surface area contributed by atoms with E-state index in [-0.39, 0.29) is 29.8 Å². The molecule has 158 valence electrons. The van der Waals surface area contributed by atoms with Crippen molar-refractivity contribution < 1.29 is 27.4 Å². The summed E-state index contributed by atoms with van der Waals surface area (Å²) in [6.45, 7) is -0.0181. The maximum atomic E-state index is 13.0. The molecule has 1 fully saturated rings. The van der Waals surface area contributed by atoms with E-state index in [1.165, 1.54) is 23.1 Å². The molecule has 0 bridgehead atoms. The maximum absolute atomic E-state index is 13.0. The fourth-order valence-corrected chi connectivity index (χ4v) is 3.69. The van der Waals surface area contributed by atoms with Crippen molar-refractivity contribution in [3.05, 3.63) is 72.1 Å². The van der Waals surface area contributed by atoms with E-state index in [0.717, 1.165) is 11.3 Å². The number of nitrogens with zero attached hydrogens (tertiary/aromatic N) is 2. The van der Waals surface area contributed by atoms with Gasteiger partial charge >= 0.3 is 6.36 Å². The Morgan fingerprint density at radius 3 is 2.70 bits per heavy atom. The van der Waals surface area contributed by atoms with Gasteiger partial charge in [0.05, 0.1) is 19.7 Å². The Balaban J connectivity index is 1.49. The van der Waals surface area contributed by atoms with Gasteiger partial charge in [-0.25, -0.2) is 5.43 Å². The summed E-state index contributed by atoms with van der Waals surface area (Å²) in [5, 5.41) is 1.74. The summed E-state index contributed by atoms with van der Waals surface area (Å²) in [7, 11) is 1.59. The van der Waals surface area contributed by atoms with Crippen LogP contribution in [-0.2, 0) is 11.3 Å². The van der Waals surface area contributed by atoms with E-state index in [4.69, 9.17) is 4.74 Å². The van der Waals surface area contributed by atoms with Gasteiger partial charge in [0.1, 0.15) is 17.5 Å². The molecule has 1 N–H and O–H groups in total. The van der Waals surface area contributed by atoms with E-state index in [0.29, 0.717) is 6.42 Å². The molecule has 0 radical (unpaired) electrons. The number of fused-ring (bicyclic) bond motifs is 1. The number of ether oxygens (including phenoxy) is 2. The van der Waals surface area contributed by atoms with Crippen molar-refractivity contribution in [1.29, 1.82) is 0 Å². The number of carbonyl (C=O) groups is 1. The van der Waals surface area contributed by atoms with E-state index in [9.17, 15) is 18.0 Å². The minimum Gasteiger partial charge on any atom is -0.497 e. The third-order valence-corrected chi connectivity index (χ3v) is 5.11. The predicted molar refractivity (Wildman–Crippen MR) is 102 cm³/mol. The van der Waals surface area contributed by atoms with Crippen molar-refractivity contribution >= 4 is 5.91 Å². The maximum Gasteiger partial charge on any atom is 0.573 e. The smallest absolute Gasteiger partial charge is 0.497 e. The first-order chi connectivity index (χ1) is 14.3. The minimum absolute atomic E-state index is 0.0181. The molecule has 2 aromatic carbocycles. The van der Waals surface area contributed by atoms with Crippen LogP contribution in [0.5, 0.6) is 11.5 Å². The highest BCUT2D eigenvalue weighted by molar-refractivity contribution is 5.84. The van der Waals surface area contributed by atoms with E-state index in [1.807, 2.05) is 24.3 Å². The number of hydrogen-bond donors (Lipinski definition) is 1. The predicted octanol–water partition coefficient (Wildman–Crippen LogP) is 3.73. The van der Waals surface area contributed by atoms with Crippen LogP contribution in [0.2, 0.25) is 0 Å². The van der Waals surface area contributed by atoms with Crippen molar-refractivity contribution in [2.24, 2.45) is 0 Å². The molecule has 0 saturated carbocycles. The van der Waals surface area contributed by atoms with Gasteiger partial charge in [0, 0.05) is 18.0 Å². The quantitative estimate of drug-likeness (QED) is 0.801. The first-order valence-corrected chi connectivity index (χ1v) is 9.35. The molecule has 0 spiro atoms. The third kappa shape index (κ3) is 4.20. The minimum atomic E-state index is -4.80. The number of rotatable bonds is 5. The number of carbonyl (C=O) groups excluding carboxylic acids is 1. The molecule has 2 aliphatic rings. The Morgan fingerprint density at radius 1 is 1.13 bits per heavy atom. The largest absolute Gasteiger partial charge is 0.573 e. The van der Waals surface area contributed by atoms with Gasteiger partial charge in [-0.05, 0) is 30.2 Å². The van der Waals surface area contributed by atoms with Crippen LogP contribution in [0.15, 0.2) is 60.9 Å². The van der Waals surface area contributed by atoms with Crippen molar-refractivity contribution in [2.45, 2.75) is 31.4 Å². The van der Waals surface area contributed by atoms with Gasteiger partial charge in [0.15, 0.2) is 0 Å². The average molecular weight is 419 g/mol. The van der Waals surface area contributed by atoms with Gasteiger partial charge in [-0.3, -0.25) is 4.79 Å². The molecule has 2 aromatic rings. The molecule has 1 saturated heterocycles. The van der Waals surface area contributed by atoms with Crippen LogP contribution >= 0.6 is 0 Å². The topological polar surface area (TPSA) is 54.0 Å². The van der Waals surface area contributed by atoms with E-state index in [1.54, 1.807) is 30.6 Å². The molecular formula is C21H20F3N3O3. The molecule has 4 rings (SSSR count). The summed E-state index contributed by atoms with van der Waals surface area (Å²) in [6.07, 6.45) is -0.995. The molecule has 0 aromatic heterocycles. The zero-order valence-electron chi connectivity index (χ0n) is 16.1. The SMILES string of the molecule is COc1cccc(C2CC3C(=O)N(Cc4ccccc4OC(F)(F)F)C=CN3N2)c1. The van der Waals surface area contributed by atoms with Crippen LogP contribution < -0.4 is 14.9 Å². The average Bonchev–Trinajstić information content (AvgIpc) is 3.16. The van der Waals surface area contributed by atoms with Crippen LogP contribution in [-0.4, -0.2) is 35.3 Å². The van der Waals surface area contributed by atoms with Crippen LogP contribution in [0.3, 0.4) is 0 Å². The first kappa shape index (κ1) is 20.1.